The van der Waals surface area contributed by atoms with E-state index in [1.54, 1.807) is 0 Å². The number of rotatable bonds is 2. The third kappa shape index (κ3) is 1.76. The molecule has 66 valence electrons. The van der Waals surface area contributed by atoms with Gasteiger partial charge in [0.1, 0.15) is 5.84 Å². The molecule has 0 radical (unpaired) electrons. The molecule has 0 aromatic heterocycles. The zero-order valence-electron chi connectivity index (χ0n) is 8.09. The molecule has 1 aliphatic heterocycles. The monoisotopic (exact) mass is 164 g/mol. The summed E-state index contributed by atoms with van der Waals surface area (Å²) in [5.74, 6) is 1.13. The summed E-state index contributed by atoms with van der Waals surface area (Å²) in [5.41, 5.74) is 2.09. The molecule has 1 rings (SSSR count). The van der Waals surface area contributed by atoms with E-state index in [1.165, 1.54) is 0 Å². The van der Waals surface area contributed by atoms with Gasteiger partial charge in [0, 0.05) is 24.9 Å². The summed E-state index contributed by atoms with van der Waals surface area (Å²) < 4.78 is 0. The lowest BCUT2D eigenvalue weighted by Crippen LogP contribution is -2.27. The molecular formula is C10H16N2. The molecule has 0 amide bonds. The molecule has 0 saturated heterocycles. The molecule has 12 heavy (non-hydrogen) atoms. The molecule has 1 aliphatic rings. The van der Waals surface area contributed by atoms with Crippen molar-refractivity contribution < 1.29 is 0 Å². The molecular weight excluding hydrogens is 148 g/mol. The molecule has 0 unspecified atom stereocenters. The van der Waals surface area contributed by atoms with Crippen LogP contribution in [0.2, 0.25) is 0 Å². The minimum Gasteiger partial charge on any atom is -0.333 e. The van der Waals surface area contributed by atoms with Gasteiger partial charge >= 0.3 is 0 Å². The molecule has 0 atom stereocenters. The van der Waals surface area contributed by atoms with E-state index in [1.807, 2.05) is 20.0 Å². The average molecular weight is 164 g/mol. The second-order valence-electron chi connectivity index (χ2n) is 3.11. The number of hydrogen-bond acceptors (Lipinski definition) is 2. The Kier molecular flexibility index (Phi) is 2.69. The van der Waals surface area contributed by atoms with Gasteiger partial charge in [-0.25, -0.2) is 4.99 Å². The first kappa shape index (κ1) is 9.04. The van der Waals surface area contributed by atoms with Crippen LogP contribution in [-0.2, 0) is 0 Å². The van der Waals surface area contributed by atoms with Gasteiger partial charge in [0.25, 0.3) is 0 Å². The first-order valence-corrected chi connectivity index (χ1v) is 4.33. The van der Waals surface area contributed by atoms with Crippen LogP contribution in [-0.4, -0.2) is 17.8 Å². The van der Waals surface area contributed by atoms with Crippen molar-refractivity contribution in [2.24, 2.45) is 4.99 Å². The van der Waals surface area contributed by atoms with Crippen molar-refractivity contribution in [3.8, 4) is 0 Å². The largest absolute Gasteiger partial charge is 0.333 e. The summed E-state index contributed by atoms with van der Waals surface area (Å²) in [6.07, 6.45) is 4.16. The highest BCUT2D eigenvalue weighted by molar-refractivity contribution is 5.86. The zero-order chi connectivity index (χ0) is 9.14. The Morgan fingerprint density at radius 3 is 2.83 bits per heavy atom. The lowest BCUT2D eigenvalue weighted by Gasteiger charge is -2.25. The zero-order valence-corrected chi connectivity index (χ0v) is 8.09. The molecule has 2 nitrogen and oxygen atoms in total. The Balaban J connectivity index is 2.83. The average Bonchev–Trinajstić information content (AvgIpc) is 2.00. The van der Waals surface area contributed by atoms with Crippen LogP contribution >= 0.6 is 0 Å². The molecule has 0 bridgehead atoms. The van der Waals surface area contributed by atoms with Crippen molar-refractivity contribution in [2.45, 2.75) is 26.7 Å². The van der Waals surface area contributed by atoms with Crippen LogP contribution in [0.3, 0.4) is 0 Å². The first-order chi connectivity index (χ1) is 5.65. The van der Waals surface area contributed by atoms with E-state index in [0.29, 0.717) is 0 Å². The van der Waals surface area contributed by atoms with Gasteiger partial charge in [-0.3, -0.25) is 0 Å². The molecule has 0 aromatic rings. The lowest BCUT2D eigenvalue weighted by atomic mass is 10.2. The van der Waals surface area contributed by atoms with Gasteiger partial charge in [0.2, 0.25) is 0 Å². The second kappa shape index (κ2) is 3.57. The van der Waals surface area contributed by atoms with Gasteiger partial charge in [-0.2, -0.15) is 0 Å². The third-order valence-electron chi connectivity index (χ3n) is 1.97. The second-order valence-corrected chi connectivity index (χ2v) is 3.11. The van der Waals surface area contributed by atoms with Crippen molar-refractivity contribution in [3.05, 3.63) is 24.0 Å². The predicted octanol–water partition coefficient (Wildman–Crippen LogP) is 2.55. The van der Waals surface area contributed by atoms with Crippen LogP contribution in [0, 0.1) is 0 Å². The number of amidine groups is 1. The van der Waals surface area contributed by atoms with E-state index in [2.05, 4.69) is 23.4 Å². The normalized spacial score (nSPS) is 17.6. The van der Waals surface area contributed by atoms with Crippen molar-refractivity contribution >= 4 is 5.84 Å². The highest BCUT2D eigenvalue weighted by Gasteiger charge is 2.11. The summed E-state index contributed by atoms with van der Waals surface area (Å²) in [7, 11) is 2.01. The minimum atomic E-state index is 1.03. The van der Waals surface area contributed by atoms with Crippen LogP contribution in [0.5, 0.6) is 0 Å². The highest BCUT2D eigenvalue weighted by Crippen LogP contribution is 2.16. The quantitative estimate of drug-likeness (QED) is 0.612. The topological polar surface area (TPSA) is 15.6 Å². The molecule has 0 aliphatic carbocycles. The SMILES string of the molecule is C=C1C=C(C)N=C(CCC)N1C. The maximum atomic E-state index is 4.45. The fraction of sp³-hybridized carbons (Fsp3) is 0.500. The minimum absolute atomic E-state index is 1.03. The van der Waals surface area contributed by atoms with Gasteiger partial charge in [-0.15, -0.1) is 0 Å². The van der Waals surface area contributed by atoms with Crippen molar-refractivity contribution in [2.75, 3.05) is 7.05 Å². The van der Waals surface area contributed by atoms with E-state index in [9.17, 15) is 0 Å². The summed E-state index contributed by atoms with van der Waals surface area (Å²) in [5, 5.41) is 0. The van der Waals surface area contributed by atoms with E-state index in [0.717, 1.165) is 30.1 Å². The Morgan fingerprint density at radius 1 is 1.58 bits per heavy atom. The summed E-state index contributed by atoms with van der Waals surface area (Å²) >= 11 is 0. The molecule has 0 fully saturated rings. The third-order valence-corrected chi connectivity index (χ3v) is 1.97. The maximum Gasteiger partial charge on any atom is 0.109 e. The van der Waals surface area contributed by atoms with Gasteiger partial charge in [-0.1, -0.05) is 13.5 Å². The highest BCUT2D eigenvalue weighted by atomic mass is 15.2. The van der Waals surface area contributed by atoms with Crippen molar-refractivity contribution in [1.29, 1.82) is 0 Å². The number of aliphatic imine (C=N–C) groups is 1. The molecule has 0 saturated carbocycles. The molecule has 2 heteroatoms. The summed E-state index contributed by atoms with van der Waals surface area (Å²) in [6.45, 7) is 8.11. The Bertz CT molecular complexity index is 249. The maximum absolute atomic E-state index is 4.45. The van der Waals surface area contributed by atoms with Crippen molar-refractivity contribution in [3.63, 3.8) is 0 Å². The van der Waals surface area contributed by atoms with Gasteiger partial charge < -0.3 is 4.90 Å². The lowest BCUT2D eigenvalue weighted by molar-refractivity contribution is 0.614. The molecule has 0 aromatic carbocycles. The number of allylic oxidation sites excluding steroid dienone is 2. The fourth-order valence-corrected chi connectivity index (χ4v) is 1.26. The van der Waals surface area contributed by atoms with Crippen LogP contribution in [0.25, 0.3) is 0 Å². The summed E-state index contributed by atoms with van der Waals surface area (Å²) in [4.78, 5) is 6.50. The van der Waals surface area contributed by atoms with Gasteiger partial charge in [0.15, 0.2) is 0 Å². The standard InChI is InChI=1S/C10H16N2/c1-5-6-10-11-8(2)7-9(3)12(10)4/h7H,3,5-6H2,1-2,4H3. The van der Waals surface area contributed by atoms with Crippen LogP contribution in [0.4, 0.5) is 0 Å². The number of hydrogen-bond donors (Lipinski definition) is 0. The number of likely N-dealkylation sites (N-methyl/N-ethyl adjacent to an activating group) is 1. The molecule has 1 heterocycles. The summed E-state index contributed by atoms with van der Waals surface area (Å²) in [6, 6.07) is 0. The Labute approximate surface area is 74.3 Å². The first-order valence-electron chi connectivity index (χ1n) is 4.33. The van der Waals surface area contributed by atoms with E-state index in [4.69, 9.17) is 0 Å². The molecule has 0 spiro atoms. The van der Waals surface area contributed by atoms with Crippen molar-refractivity contribution in [1.82, 2.24) is 4.90 Å². The predicted molar refractivity (Wildman–Crippen MR) is 53.0 cm³/mol. The Morgan fingerprint density at radius 2 is 2.25 bits per heavy atom. The number of nitrogens with zero attached hydrogens (tertiary/aromatic N) is 2. The van der Waals surface area contributed by atoms with E-state index >= 15 is 0 Å². The molecule has 0 N–H and O–H groups in total. The van der Waals surface area contributed by atoms with E-state index < -0.39 is 0 Å². The van der Waals surface area contributed by atoms with Gasteiger partial charge in [-0.05, 0) is 19.4 Å². The van der Waals surface area contributed by atoms with Gasteiger partial charge in [0.05, 0.1) is 0 Å². The van der Waals surface area contributed by atoms with E-state index in [-0.39, 0.29) is 0 Å². The smallest absolute Gasteiger partial charge is 0.109 e. The van der Waals surface area contributed by atoms with Crippen LogP contribution in [0.1, 0.15) is 26.7 Å². The van der Waals surface area contributed by atoms with Crippen LogP contribution in [0.15, 0.2) is 29.0 Å². The fourth-order valence-electron chi connectivity index (χ4n) is 1.26. The van der Waals surface area contributed by atoms with Crippen LogP contribution < -0.4 is 0 Å². The Hall–Kier alpha value is -1.05.